The molecule has 2 aromatic heterocycles. The number of anilines is 1. The van der Waals surface area contributed by atoms with Gasteiger partial charge in [-0.05, 0) is 48.0 Å². The van der Waals surface area contributed by atoms with Gasteiger partial charge in [-0.2, -0.15) is 0 Å². The van der Waals surface area contributed by atoms with Gasteiger partial charge in [-0.15, -0.1) is 0 Å². The van der Waals surface area contributed by atoms with E-state index < -0.39 is 15.8 Å². The fraction of sp³-hybridized carbons (Fsp3) is 0.0526. The average molecular weight is 400 g/mol. The third-order valence-electron chi connectivity index (χ3n) is 4.12. The quantitative estimate of drug-likeness (QED) is 0.543. The highest BCUT2D eigenvalue weighted by Crippen LogP contribution is 2.31. The van der Waals surface area contributed by atoms with Crippen LogP contribution in [0.3, 0.4) is 0 Å². The molecule has 0 spiro atoms. The van der Waals surface area contributed by atoms with Crippen molar-refractivity contribution < 1.29 is 17.2 Å². The Labute approximate surface area is 159 Å². The second-order valence-corrected chi connectivity index (χ2v) is 7.99. The number of nitrogens with one attached hydrogen (secondary N) is 2. The third kappa shape index (κ3) is 3.56. The lowest BCUT2D eigenvalue weighted by molar-refractivity contribution is 0.604. The lowest BCUT2D eigenvalue weighted by atomic mass is 10.1. The van der Waals surface area contributed by atoms with Crippen molar-refractivity contribution in [3.8, 4) is 22.5 Å². The molecule has 6 nitrogen and oxygen atoms in total. The van der Waals surface area contributed by atoms with Gasteiger partial charge in [-0.3, -0.25) is 4.72 Å². The van der Waals surface area contributed by atoms with E-state index in [4.69, 9.17) is 0 Å². The molecule has 0 aliphatic heterocycles. The molecule has 0 aliphatic rings. The van der Waals surface area contributed by atoms with Gasteiger partial charge in [0.2, 0.25) is 10.0 Å². The Kier molecular flexibility index (Phi) is 4.31. The summed E-state index contributed by atoms with van der Waals surface area (Å²) < 4.78 is 52.3. The number of fused-ring (bicyclic) bond motifs is 1. The molecular weight excluding hydrogens is 386 g/mol. The molecule has 2 aromatic carbocycles. The molecule has 0 saturated carbocycles. The lowest BCUT2D eigenvalue weighted by Gasteiger charge is -2.07. The predicted molar refractivity (Wildman–Crippen MR) is 103 cm³/mol. The van der Waals surface area contributed by atoms with Gasteiger partial charge >= 0.3 is 0 Å². The fourth-order valence-corrected chi connectivity index (χ4v) is 3.46. The first-order valence-corrected chi connectivity index (χ1v) is 10.1. The Balaban J connectivity index is 1.79. The number of H-pyrrole nitrogens is 1. The summed E-state index contributed by atoms with van der Waals surface area (Å²) in [6.07, 6.45) is 2.30. The van der Waals surface area contributed by atoms with Crippen molar-refractivity contribution in [2.75, 3.05) is 11.0 Å². The number of sulfonamides is 1. The summed E-state index contributed by atoms with van der Waals surface area (Å²) in [5, 5.41) is 0.657. The van der Waals surface area contributed by atoms with Gasteiger partial charge < -0.3 is 4.98 Å². The minimum atomic E-state index is -3.59. The van der Waals surface area contributed by atoms with E-state index in [0.717, 1.165) is 11.8 Å². The van der Waals surface area contributed by atoms with E-state index in [-0.39, 0.29) is 11.5 Å². The largest absolute Gasteiger partial charge is 0.339 e. The van der Waals surface area contributed by atoms with Gasteiger partial charge in [-0.25, -0.2) is 27.2 Å². The number of aromatic nitrogens is 3. The van der Waals surface area contributed by atoms with Crippen LogP contribution in [0, 0.1) is 11.6 Å². The van der Waals surface area contributed by atoms with Crippen LogP contribution in [0.2, 0.25) is 0 Å². The van der Waals surface area contributed by atoms with Crippen LogP contribution in [0.5, 0.6) is 0 Å². The zero-order valence-corrected chi connectivity index (χ0v) is 15.4. The number of aromatic amines is 1. The van der Waals surface area contributed by atoms with E-state index in [1.165, 1.54) is 30.6 Å². The summed E-state index contributed by atoms with van der Waals surface area (Å²) >= 11 is 0. The molecule has 2 N–H and O–H groups in total. The first-order valence-electron chi connectivity index (χ1n) is 8.17. The van der Waals surface area contributed by atoms with Crippen molar-refractivity contribution in [1.82, 2.24) is 15.0 Å². The van der Waals surface area contributed by atoms with E-state index in [2.05, 4.69) is 19.7 Å². The standard InChI is InChI=1S/C19H14F2N4O2S/c1-28(26,27)25-16-7-4-12(8-15(16)21)18-14-9-17(24-19(14)23-10-22-18)11-2-5-13(20)6-3-11/h2-10,25H,1H3,(H,22,23,24). The van der Waals surface area contributed by atoms with Crippen LogP contribution in [0.1, 0.15) is 0 Å². The van der Waals surface area contributed by atoms with Gasteiger partial charge in [-0.1, -0.05) is 6.07 Å². The maximum absolute atomic E-state index is 14.4. The smallest absolute Gasteiger partial charge is 0.229 e. The van der Waals surface area contributed by atoms with Gasteiger partial charge in [0, 0.05) is 16.6 Å². The van der Waals surface area contributed by atoms with Crippen molar-refractivity contribution in [3.05, 3.63) is 66.5 Å². The molecule has 0 bridgehead atoms. The van der Waals surface area contributed by atoms with Crippen LogP contribution in [-0.4, -0.2) is 29.6 Å². The summed E-state index contributed by atoms with van der Waals surface area (Å²) in [5.41, 5.74) is 2.84. The fourth-order valence-electron chi connectivity index (χ4n) is 2.90. The number of rotatable bonds is 4. The van der Waals surface area contributed by atoms with Gasteiger partial charge in [0.1, 0.15) is 23.6 Å². The molecule has 0 amide bonds. The minimum absolute atomic E-state index is 0.141. The summed E-state index contributed by atoms with van der Waals surface area (Å²) in [6, 6.07) is 11.9. The molecule has 0 aliphatic carbocycles. The molecule has 0 radical (unpaired) electrons. The molecular formula is C19H14F2N4O2S. The third-order valence-corrected chi connectivity index (χ3v) is 4.71. The van der Waals surface area contributed by atoms with Gasteiger partial charge in [0.15, 0.2) is 0 Å². The van der Waals surface area contributed by atoms with E-state index >= 15 is 0 Å². The van der Waals surface area contributed by atoms with Gasteiger partial charge in [0.25, 0.3) is 0 Å². The summed E-state index contributed by atoms with van der Waals surface area (Å²) in [5.74, 6) is -1.05. The van der Waals surface area contributed by atoms with E-state index in [1.807, 2.05) is 0 Å². The van der Waals surface area contributed by atoms with Crippen molar-refractivity contribution in [3.63, 3.8) is 0 Å². The topological polar surface area (TPSA) is 87.7 Å². The highest BCUT2D eigenvalue weighted by atomic mass is 32.2. The zero-order chi connectivity index (χ0) is 19.9. The zero-order valence-electron chi connectivity index (χ0n) is 14.6. The second-order valence-electron chi connectivity index (χ2n) is 6.24. The molecule has 0 atom stereocenters. The first kappa shape index (κ1) is 18.1. The van der Waals surface area contributed by atoms with Crippen LogP contribution < -0.4 is 4.72 Å². The Bertz CT molecular complexity index is 1290. The summed E-state index contributed by atoms with van der Waals surface area (Å²) in [6.45, 7) is 0. The highest BCUT2D eigenvalue weighted by molar-refractivity contribution is 7.92. The number of nitrogens with zero attached hydrogens (tertiary/aromatic N) is 2. The predicted octanol–water partition coefficient (Wildman–Crippen LogP) is 3.94. The maximum Gasteiger partial charge on any atom is 0.229 e. The molecule has 9 heteroatoms. The Morgan fingerprint density at radius 3 is 2.36 bits per heavy atom. The van der Waals surface area contributed by atoms with E-state index in [0.29, 0.717) is 28.0 Å². The normalized spacial score (nSPS) is 11.7. The molecule has 2 heterocycles. The number of halogens is 2. The van der Waals surface area contributed by atoms with Crippen LogP contribution >= 0.6 is 0 Å². The molecule has 142 valence electrons. The van der Waals surface area contributed by atoms with E-state index in [1.54, 1.807) is 24.3 Å². The SMILES string of the molecule is CS(=O)(=O)Nc1ccc(-c2ncnc3[nH]c(-c4ccc(F)cc4)cc23)cc1F. The molecule has 0 saturated heterocycles. The van der Waals surface area contributed by atoms with E-state index in [9.17, 15) is 17.2 Å². The minimum Gasteiger partial charge on any atom is -0.339 e. The second kappa shape index (κ2) is 6.68. The lowest BCUT2D eigenvalue weighted by Crippen LogP contribution is -2.10. The van der Waals surface area contributed by atoms with Crippen LogP contribution in [0.4, 0.5) is 14.5 Å². The van der Waals surface area contributed by atoms with Crippen LogP contribution in [0.25, 0.3) is 33.5 Å². The molecule has 0 fully saturated rings. The molecule has 0 unspecified atom stereocenters. The number of benzene rings is 2. The molecule has 28 heavy (non-hydrogen) atoms. The Morgan fingerprint density at radius 2 is 1.68 bits per heavy atom. The highest BCUT2D eigenvalue weighted by Gasteiger charge is 2.14. The van der Waals surface area contributed by atoms with Crippen LogP contribution in [-0.2, 0) is 10.0 Å². The van der Waals surface area contributed by atoms with Crippen molar-refractivity contribution in [1.29, 1.82) is 0 Å². The molecule has 4 aromatic rings. The van der Waals surface area contributed by atoms with Crippen molar-refractivity contribution >= 4 is 26.7 Å². The monoisotopic (exact) mass is 400 g/mol. The number of hydrogen-bond donors (Lipinski definition) is 2. The summed E-state index contributed by atoms with van der Waals surface area (Å²) in [4.78, 5) is 11.6. The van der Waals surface area contributed by atoms with Crippen molar-refractivity contribution in [2.24, 2.45) is 0 Å². The number of hydrogen-bond acceptors (Lipinski definition) is 4. The summed E-state index contributed by atoms with van der Waals surface area (Å²) in [7, 11) is -3.59. The maximum atomic E-state index is 14.4. The van der Waals surface area contributed by atoms with Gasteiger partial charge in [0.05, 0.1) is 17.6 Å². The first-order chi connectivity index (χ1) is 13.3. The van der Waals surface area contributed by atoms with Crippen LogP contribution in [0.15, 0.2) is 54.9 Å². The molecule has 4 rings (SSSR count). The average Bonchev–Trinajstić information content (AvgIpc) is 3.07. The Hall–Kier alpha value is -3.33. The van der Waals surface area contributed by atoms with Crippen molar-refractivity contribution in [2.45, 2.75) is 0 Å². The Morgan fingerprint density at radius 1 is 0.964 bits per heavy atom.